The van der Waals surface area contributed by atoms with E-state index in [1.807, 2.05) is 12.1 Å². The molecule has 1 aromatic carbocycles. The van der Waals surface area contributed by atoms with Crippen molar-refractivity contribution in [2.75, 3.05) is 26.2 Å². The summed E-state index contributed by atoms with van der Waals surface area (Å²) >= 11 is 0. The second-order valence-electron chi connectivity index (χ2n) is 7.89. The Kier molecular flexibility index (Phi) is 7.32. The van der Waals surface area contributed by atoms with Crippen LogP contribution in [0.1, 0.15) is 66.8 Å². The number of likely N-dealkylation sites (N-methyl/N-ethyl adjacent to an activating group) is 1. The van der Waals surface area contributed by atoms with Gasteiger partial charge in [-0.05, 0) is 88.0 Å². The van der Waals surface area contributed by atoms with Crippen LogP contribution in [0.15, 0.2) is 30.3 Å². The van der Waals surface area contributed by atoms with Crippen molar-refractivity contribution in [3.8, 4) is 5.69 Å². The SMILES string of the molecule is CCCCN(CC)CCNC(=O)c1ccc(-n2c(C)cc3c2CCCC3)cc1. The molecule has 4 nitrogen and oxygen atoms in total. The largest absolute Gasteiger partial charge is 0.351 e. The number of benzene rings is 1. The molecule has 2 aromatic rings. The van der Waals surface area contributed by atoms with Crippen molar-refractivity contribution in [1.82, 2.24) is 14.8 Å². The van der Waals surface area contributed by atoms with Gasteiger partial charge in [0.25, 0.3) is 5.91 Å². The van der Waals surface area contributed by atoms with Crippen LogP contribution in [0.4, 0.5) is 0 Å². The number of hydrogen-bond donors (Lipinski definition) is 1. The number of nitrogens with zero attached hydrogens (tertiary/aromatic N) is 2. The van der Waals surface area contributed by atoms with Gasteiger partial charge in [-0.15, -0.1) is 0 Å². The van der Waals surface area contributed by atoms with E-state index in [0.29, 0.717) is 6.54 Å². The molecule has 0 aliphatic heterocycles. The average molecular weight is 382 g/mol. The zero-order valence-electron chi connectivity index (χ0n) is 17.8. The van der Waals surface area contributed by atoms with Crippen LogP contribution in [-0.4, -0.2) is 41.6 Å². The molecule has 0 atom stereocenters. The fraction of sp³-hybridized carbons (Fsp3) is 0.542. The van der Waals surface area contributed by atoms with E-state index in [2.05, 4.69) is 53.8 Å². The first-order valence-corrected chi connectivity index (χ1v) is 10.9. The molecule has 1 N–H and O–H groups in total. The van der Waals surface area contributed by atoms with Crippen LogP contribution >= 0.6 is 0 Å². The average Bonchev–Trinajstić information content (AvgIpc) is 3.06. The summed E-state index contributed by atoms with van der Waals surface area (Å²) in [5, 5.41) is 3.07. The topological polar surface area (TPSA) is 37.3 Å². The fourth-order valence-electron chi connectivity index (χ4n) is 4.21. The molecule has 0 radical (unpaired) electrons. The van der Waals surface area contributed by atoms with Crippen molar-refractivity contribution in [3.05, 3.63) is 52.8 Å². The van der Waals surface area contributed by atoms with Gasteiger partial charge in [-0.3, -0.25) is 4.79 Å². The Morgan fingerprint density at radius 1 is 1.11 bits per heavy atom. The maximum Gasteiger partial charge on any atom is 0.251 e. The number of amides is 1. The van der Waals surface area contributed by atoms with E-state index in [0.717, 1.165) is 37.3 Å². The lowest BCUT2D eigenvalue weighted by molar-refractivity contribution is 0.0948. The third-order valence-electron chi connectivity index (χ3n) is 5.86. The zero-order chi connectivity index (χ0) is 19.9. The zero-order valence-corrected chi connectivity index (χ0v) is 17.8. The molecule has 28 heavy (non-hydrogen) atoms. The molecule has 0 unspecified atom stereocenters. The number of carbonyl (C=O) groups excluding carboxylic acids is 1. The molecule has 0 saturated heterocycles. The highest BCUT2D eigenvalue weighted by molar-refractivity contribution is 5.94. The summed E-state index contributed by atoms with van der Waals surface area (Å²) in [4.78, 5) is 14.9. The third kappa shape index (κ3) is 4.85. The Morgan fingerprint density at radius 3 is 2.57 bits per heavy atom. The number of carbonyl (C=O) groups is 1. The number of aromatic nitrogens is 1. The van der Waals surface area contributed by atoms with E-state index >= 15 is 0 Å². The molecule has 0 spiro atoms. The molecule has 4 heteroatoms. The lowest BCUT2D eigenvalue weighted by Gasteiger charge is -2.20. The van der Waals surface area contributed by atoms with Crippen LogP contribution in [0.2, 0.25) is 0 Å². The van der Waals surface area contributed by atoms with Gasteiger partial charge in [0.1, 0.15) is 0 Å². The molecule has 152 valence electrons. The molecular weight excluding hydrogens is 346 g/mol. The van der Waals surface area contributed by atoms with Crippen molar-refractivity contribution in [2.45, 2.75) is 59.3 Å². The van der Waals surface area contributed by atoms with E-state index in [4.69, 9.17) is 0 Å². The predicted molar refractivity (Wildman–Crippen MR) is 117 cm³/mol. The molecule has 0 bridgehead atoms. The molecule has 1 aliphatic rings. The Balaban J connectivity index is 1.60. The first kappa shape index (κ1) is 20.7. The van der Waals surface area contributed by atoms with Crippen molar-refractivity contribution >= 4 is 5.91 Å². The van der Waals surface area contributed by atoms with Crippen molar-refractivity contribution < 1.29 is 4.79 Å². The van der Waals surface area contributed by atoms with E-state index in [1.165, 1.54) is 49.1 Å². The quantitative estimate of drug-likeness (QED) is 0.693. The molecule has 3 rings (SSSR count). The van der Waals surface area contributed by atoms with Gasteiger partial charge in [0.15, 0.2) is 0 Å². The van der Waals surface area contributed by atoms with Crippen LogP contribution < -0.4 is 5.32 Å². The van der Waals surface area contributed by atoms with Crippen LogP contribution in [-0.2, 0) is 12.8 Å². The van der Waals surface area contributed by atoms with Gasteiger partial charge in [-0.25, -0.2) is 0 Å². The van der Waals surface area contributed by atoms with E-state index in [-0.39, 0.29) is 5.91 Å². The lowest BCUT2D eigenvalue weighted by Crippen LogP contribution is -2.35. The fourth-order valence-corrected chi connectivity index (χ4v) is 4.21. The first-order chi connectivity index (χ1) is 13.6. The number of hydrogen-bond acceptors (Lipinski definition) is 2. The number of nitrogens with one attached hydrogen (secondary N) is 1. The molecule has 1 amide bonds. The minimum atomic E-state index is 0.0179. The second kappa shape index (κ2) is 9.92. The van der Waals surface area contributed by atoms with Crippen LogP contribution in [0.3, 0.4) is 0 Å². The highest BCUT2D eigenvalue weighted by Gasteiger charge is 2.17. The standard InChI is InChI=1S/C24H35N3O/c1-4-6-16-26(5-2)17-15-25-24(28)20-11-13-22(14-12-20)27-19(3)18-21-9-7-8-10-23(21)27/h11-14,18H,4-10,15-17H2,1-3H3,(H,25,28). The second-order valence-corrected chi connectivity index (χ2v) is 7.89. The number of aryl methyl sites for hydroxylation is 2. The summed E-state index contributed by atoms with van der Waals surface area (Å²) in [5.74, 6) is 0.0179. The van der Waals surface area contributed by atoms with E-state index in [9.17, 15) is 4.79 Å². The maximum absolute atomic E-state index is 12.5. The van der Waals surface area contributed by atoms with Gasteiger partial charge in [-0.2, -0.15) is 0 Å². The predicted octanol–water partition coefficient (Wildman–Crippen LogP) is 4.52. The summed E-state index contributed by atoms with van der Waals surface area (Å²) in [6, 6.07) is 10.4. The summed E-state index contributed by atoms with van der Waals surface area (Å²) in [7, 11) is 0. The lowest BCUT2D eigenvalue weighted by atomic mass is 9.98. The van der Waals surface area contributed by atoms with Gasteiger partial charge in [0.05, 0.1) is 0 Å². The highest BCUT2D eigenvalue weighted by Crippen LogP contribution is 2.28. The van der Waals surface area contributed by atoms with Crippen LogP contribution in [0.5, 0.6) is 0 Å². The summed E-state index contributed by atoms with van der Waals surface area (Å²) in [6.45, 7) is 10.3. The molecule has 1 heterocycles. The van der Waals surface area contributed by atoms with Crippen LogP contribution in [0, 0.1) is 6.92 Å². The van der Waals surface area contributed by atoms with Gasteiger partial charge in [-0.1, -0.05) is 20.3 Å². The Bertz CT molecular complexity index is 776. The van der Waals surface area contributed by atoms with Gasteiger partial charge in [0, 0.05) is 35.7 Å². The smallest absolute Gasteiger partial charge is 0.251 e. The minimum Gasteiger partial charge on any atom is -0.351 e. The van der Waals surface area contributed by atoms with Crippen molar-refractivity contribution in [2.24, 2.45) is 0 Å². The van der Waals surface area contributed by atoms with E-state index < -0.39 is 0 Å². The Hall–Kier alpha value is -2.07. The number of rotatable bonds is 9. The summed E-state index contributed by atoms with van der Waals surface area (Å²) in [6.07, 6.45) is 7.33. The number of unbranched alkanes of at least 4 members (excludes halogenated alkanes) is 1. The molecular formula is C24H35N3O. The van der Waals surface area contributed by atoms with Gasteiger partial charge in [0.2, 0.25) is 0 Å². The molecule has 1 aliphatic carbocycles. The normalized spacial score (nSPS) is 13.6. The van der Waals surface area contributed by atoms with Crippen molar-refractivity contribution in [3.63, 3.8) is 0 Å². The number of fused-ring (bicyclic) bond motifs is 1. The highest BCUT2D eigenvalue weighted by atomic mass is 16.1. The molecule has 0 saturated carbocycles. The first-order valence-electron chi connectivity index (χ1n) is 10.9. The summed E-state index contributed by atoms with van der Waals surface area (Å²) in [5.41, 5.74) is 6.13. The Morgan fingerprint density at radius 2 is 1.86 bits per heavy atom. The molecule has 1 aromatic heterocycles. The van der Waals surface area contributed by atoms with Gasteiger partial charge < -0.3 is 14.8 Å². The third-order valence-corrected chi connectivity index (χ3v) is 5.86. The minimum absolute atomic E-state index is 0.0179. The van der Waals surface area contributed by atoms with Crippen molar-refractivity contribution in [1.29, 1.82) is 0 Å². The van der Waals surface area contributed by atoms with Crippen LogP contribution in [0.25, 0.3) is 5.69 Å². The monoisotopic (exact) mass is 381 g/mol. The Labute approximate surface area is 169 Å². The molecule has 0 fully saturated rings. The van der Waals surface area contributed by atoms with Gasteiger partial charge >= 0.3 is 0 Å². The maximum atomic E-state index is 12.5. The van der Waals surface area contributed by atoms with E-state index in [1.54, 1.807) is 0 Å². The summed E-state index contributed by atoms with van der Waals surface area (Å²) < 4.78 is 2.36.